The SMILES string of the molecule is CCCCCCC(C)NS(=O)(=O)c1c(C)c(C)cc(C)c1C. The molecule has 126 valence electrons. The molecular weight excluding hydrogens is 294 g/mol. The molecule has 4 heteroatoms. The highest BCUT2D eigenvalue weighted by Crippen LogP contribution is 2.26. The first kappa shape index (κ1) is 19.2. The van der Waals surface area contributed by atoms with Crippen LogP contribution < -0.4 is 4.72 Å². The number of benzene rings is 1. The fourth-order valence-corrected chi connectivity index (χ4v) is 4.74. The minimum atomic E-state index is -3.46. The maximum atomic E-state index is 12.8. The van der Waals surface area contributed by atoms with Gasteiger partial charge in [-0.1, -0.05) is 38.7 Å². The third-order valence-electron chi connectivity index (χ3n) is 4.41. The molecule has 0 spiro atoms. The average molecular weight is 326 g/mol. The van der Waals surface area contributed by atoms with Crippen LogP contribution in [0.25, 0.3) is 0 Å². The summed E-state index contributed by atoms with van der Waals surface area (Å²) in [6.07, 6.45) is 5.55. The topological polar surface area (TPSA) is 46.2 Å². The fraction of sp³-hybridized carbons (Fsp3) is 0.667. The summed E-state index contributed by atoms with van der Waals surface area (Å²) in [6.45, 7) is 11.9. The van der Waals surface area contributed by atoms with E-state index in [0.29, 0.717) is 4.90 Å². The van der Waals surface area contributed by atoms with Gasteiger partial charge in [0, 0.05) is 6.04 Å². The number of sulfonamides is 1. The number of rotatable bonds is 8. The molecule has 3 nitrogen and oxygen atoms in total. The summed E-state index contributed by atoms with van der Waals surface area (Å²) in [7, 11) is -3.46. The largest absolute Gasteiger partial charge is 0.241 e. The average Bonchev–Trinajstić information content (AvgIpc) is 2.41. The Balaban J connectivity index is 2.92. The van der Waals surface area contributed by atoms with Crippen LogP contribution in [-0.2, 0) is 10.0 Å². The van der Waals surface area contributed by atoms with Crippen LogP contribution in [0.4, 0.5) is 0 Å². The molecule has 0 amide bonds. The summed E-state index contributed by atoms with van der Waals surface area (Å²) >= 11 is 0. The van der Waals surface area contributed by atoms with Gasteiger partial charge in [-0.3, -0.25) is 0 Å². The van der Waals surface area contributed by atoms with Gasteiger partial charge < -0.3 is 0 Å². The smallest absolute Gasteiger partial charge is 0.208 e. The molecule has 0 radical (unpaired) electrons. The predicted octanol–water partition coefficient (Wildman–Crippen LogP) is 4.56. The van der Waals surface area contributed by atoms with Gasteiger partial charge in [-0.25, -0.2) is 13.1 Å². The Morgan fingerprint density at radius 1 is 1.00 bits per heavy atom. The molecule has 0 fully saturated rings. The monoisotopic (exact) mass is 325 g/mol. The summed E-state index contributed by atoms with van der Waals surface area (Å²) in [5, 5.41) is 0. The third kappa shape index (κ3) is 4.82. The van der Waals surface area contributed by atoms with Crippen molar-refractivity contribution in [2.45, 2.75) is 84.6 Å². The van der Waals surface area contributed by atoms with Crippen LogP contribution in [0.15, 0.2) is 11.0 Å². The molecule has 22 heavy (non-hydrogen) atoms. The molecule has 0 saturated heterocycles. The van der Waals surface area contributed by atoms with E-state index in [0.717, 1.165) is 35.1 Å². The van der Waals surface area contributed by atoms with Crippen molar-refractivity contribution in [3.05, 3.63) is 28.3 Å². The van der Waals surface area contributed by atoms with Gasteiger partial charge in [0.15, 0.2) is 0 Å². The predicted molar refractivity (Wildman–Crippen MR) is 93.9 cm³/mol. The van der Waals surface area contributed by atoms with E-state index in [2.05, 4.69) is 17.7 Å². The summed E-state index contributed by atoms with van der Waals surface area (Å²) in [6, 6.07) is 2.03. The van der Waals surface area contributed by atoms with Crippen LogP contribution in [-0.4, -0.2) is 14.5 Å². The van der Waals surface area contributed by atoms with Gasteiger partial charge in [-0.15, -0.1) is 0 Å². The molecule has 1 N–H and O–H groups in total. The quantitative estimate of drug-likeness (QED) is 0.712. The van der Waals surface area contributed by atoms with Gasteiger partial charge in [0.2, 0.25) is 10.0 Å². The summed E-state index contributed by atoms with van der Waals surface area (Å²) in [4.78, 5) is 0.463. The number of hydrogen-bond donors (Lipinski definition) is 1. The van der Waals surface area contributed by atoms with E-state index in [9.17, 15) is 8.42 Å². The second-order valence-electron chi connectivity index (χ2n) is 6.46. The minimum Gasteiger partial charge on any atom is -0.208 e. The number of hydrogen-bond acceptors (Lipinski definition) is 2. The number of nitrogens with one attached hydrogen (secondary N) is 1. The van der Waals surface area contributed by atoms with E-state index in [1.54, 1.807) is 0 Å². The zero-order chi connectivity index (χ0) is 16.9. The lowest BCUT2D eigenvalue weighted by Gasteiger charge is -2.19. The number of unbranched alkanes of at least 4 members (excludes halogenated alkanes) is 3. The Hall–Kier alpha value is -0.870. The van der Waals surface area contributed by atoms with Crippen molar-refractivity contribution >= 4 is 10.0 Å². The maximum absolute atomic E-state index is 12.8. The van der Waals surface area contributed by atoms with Crippen molar-refractivity contribution in [1.82, 2.24) is 4.72 Å². The van der Waals surface area contributed by atoms with Crippen LogP contribution in [0.5, 0.6) is 0 Å². The third-order valence-corrected chi connectivity index (χ3v) is 6.28. The Morgan fingerprint density at radius 3 is 2.05 bits per heavy atom. The molecule has 1 rings (SSSR count). The molecule has 1 aromatic rings. The molecule has 0 aliphatic heterocycles. The Bertz CT molecular complexity index is 580. The lowest BCUT2D eigenvalue weighted by Crippen LogP contribution is -2.33. The standard InChI is InChI=1S/C18H31NO2S/c1-7-8-9-10-11-15(4)19-22(20,21)18-16(5)13(2)12-14(3)17(18)6/h12,15,19H,7-11H2,1-6H3. The molecule has 0 bridgehead atoms. The highest BCUT2D eigenvalue weighted by molar-refractivity contribution is 7.89. The van der Waals surface area contributed by atoms with Crippen molar-refractivity contribution in [2.75, 3.05) is 0 Å². The molecule has 0 heterocycles. The van der Waals surface area contributed by atoms with Gasteiger partial charge >= 0.3 is 0 Å². The van der Waals surface area contributed by atoms with Gasteiger partial charge in [-0.2, -0.15) is 0 Å². The highest BCUT2D eigenvalue weighted by Gasteiger charge is 2.23. The van der Waals surface area contributed by atoms with Crippen molar-refractivity contribution < 1.29 is 8.42 Å². The molecule has 1 unspecified atom stereocenters. The molecule has 0 aliphatic carbocycles. The lowest BCUT2D eigenvalue weighted by molar-refractivity contribution is 0.521. The summed E-state index contributed by atoms with van der Waals surface area (Å²) < 4.78 is 28.4. The summed E-state index contributed by atoms with van der Waals surface area (Å²) in [5.41, 5.74) is 3.76. The molecule has 0 saturated carbocycles. The van der Waals surface area contributed by atoms with Gasteiger partial charge in [0.1, 0.15) is 0 Å². The van der Waals surface area contributed by atoms with E-state index in [-0.39, 0.29) is 6.04 Å². The molecular formula is C18H31NO2S. The Labute approximate surface area is 136 Å². The van der Waals surface area contributed by atoms with E-state index < -0.39 is 10.0 Å². The molecule has 1 aromatic carbocycles. The van der Waals surface area contributed by atoms with Gasteiger partial charge in [0.25, 0.3) is 0 Å². The van der Waals surface area contributed by atoms with Crippen molar-refractivity contribution in [1.29, 1.82) is 0 Å². The van der Waals surface area contributed by atoms with Crippen LogP contribution in [0.3, 0.4) is 0 Å². The van der Waals surface area contributed by atoms with Crippen LogP contribution >= 0.6 is 0 Å². The van der Waals surface area contributed by atoms with Crippen molar-refractivity contribution in [3.8, 4) is 0 Å². The maximum Gasteiger partial charge on any atom is 0.241 e. The lowest BCUT2D eigenvalue weighted by atomic mass is 10.0. The van der Waals surface area contributed by atoms with E-state index in [1.807, 2.05) is 34.6 Å². The summed E-state index contributed by atoms with van der Waals surface area (Å²) in [5.74, 6) is 0. The van der Waals surface area contributed by atoms with E-state index in [1.165, 1.54) is 19.3 Å². The molecule has 0 aromatic heterocycles. The second kappa shape index (κ2) is 8.11. The normalized spacial score (nSPS) is 13.4. The van der Waals surface area contributed by atoms with Crippen LogP contribution in [0, 0.1) is 27.7 Å². The van der Waals surface area contributed by atoms with Crippen molar-refractivity contribution in [2.24, 2.45) is 0 Å². The minimum absolute atomic E-state index is 0.0264. The first-order valence-electron chi connectivity index (χ1n) is 8.30. The van der Waals surface area contributed by atoms with Gasteiger partial charge in [-0.05, 0) is 63.3 Å². The Morgan fingerprint density at radius 2 is 1.55 bits per heavy atom. The molecule has 1 atom stereocenters. The first-order chi connectivity index (χ1) is 10.2. The van der Waals surface area contributed by atoms with Gasteiger partial charge in [0.05, 0.1) is 4.90 Å². The van der Waals surface area contributed by atoms with Crippen LogP contribution in [0.1, 0.15) is 68.2 Å². The van der Waals surface area contributed by atoms with Crippen LogP contribution in [0.2, 0.25) is 0 Å². The Kier molecular flexibility index (Phi) is 7.07. The first-order valence-corrected chi connectivity index (χ1v) is 9.78. The van der Waals surface area contributed by atoms with Crippen molar-refractivity contribution in [3.63, 3.8) is 0 Å². The fourth-order valence-electron chi connectivity index (χ4n) is 2.84. The zero-order valence-electron chi connectivity index (χ0n) is 14.9. The molecule has 0 aliphatic rings. The van der Waals surface area contributed by atoms with E-state index in [4.69, 9.17) is 0 Å². The van der Waals surface area contributed by atoms with E-state index >= 15 is 0 Å². The zero-order valence-corrected chi connectivity index (χ0v) is 15.7. The second-order valence-corrected chi connectivity index (χ2v) is 8.11. The number of aryl methyl sites for hydroxylation is 2. The highest BCUT2D eigenvalue weighted by atomic mass is 32.2.